The molecule has 90 valence electrons. The Morgan fingerprint density at radius 2 is 1.44 bits per heavy atom. The van der Waals surface area contributed by atoms with Crippen molar-refractivity contribution in [3.8, 4) is 0 Å². The van der Waals surface area contributed by atoms with Crippen LogP contribution in [0.5, 0.6) is 0 Å². The molecule has 0 saturated carbocycles. The summed E-state index contributed by atoms with van der Waals surface area (Å²) in [6.07, 6.45) is 3.35. The molecule has 4 nitrogen and oxygen atoms in total. The number of carbonyl (C=O) groups excluding carboxylic acids is 2. The summed E-state index contributed by atoms with van der Waals surface area (Å²) < 4.78 is 5.58. The molecule has 4 heteroatoms. The van der Waals surface area contributed by atoms with Gasteiger partial charge >= 0.3 is 0 Å². The fourth-order valence-electron chi connectivity index (χ4n) is 3.14. The highest BCUT2D eigenvalue weighted by molar-refractivity contribution is 6.23. The molecule has 0 unspecified atom stereocenters. The van der Waals surface area contributed by atoms with Gasteiger partial charge in [0.25, 0.3) is 0 Å². The molecular formula is C14H11NO3. The number of carbonyl (C=O) groups is 2. The predicted octanol–water partition coefficient (Wildman–Crippen LogP) is 1.13. The van der Waals surface area contributed by atoms with Crippen molar-refractivity contribution in [2.24, 2.45) is 11.8 Å². The van der Waals surface area contributed by atoms with Gasteiger partial charge in [-0.15, -0.1) is 0 Å². The lowest BCUT2D eigenvalue weighted by atomic mass is 9.85. The summed E-state index contributed by atoms with van der Waals surface area (Å²) >= 11 is 0. The van der Waals surface area contributed by atoms with Crippen LogP contribution in [0.15, 0.2) is 42.5 Å². The van der Waals surface area contributed by atoms with Gasteiger partial charge in [0.2, 0.25) is 11.8 Å². The maximum atomic E-state index is 12.4. The highest BCUT2D eigenvalue weighted by atomic mass is 16.5. The van der Waals surface area contributed by atoms with E-state index in [2.05, 4.69) is 0 Å². The molecule has 2 saturated heterocycles. The summed E-state index contributed by atoms with van der Waals surface area (Å²) in [6, 6.07) is 9.09. The van der Waals surface area contributed by atoms with E-state index in [0.717, 1.165) is 0 Å². The molecule has 2 amide bonds. The molecule has 1 aromatic carbocycles. The number of fused-ring (bicyclic) bond motifs is 5. The number of rotatable bonds is 1. The summed E-state index contributed by atoms with van der Waals surface area (Å²) in [4.78, 5) is 26.1. The van der Waals surface area contributed by atoms with Crippen LogP contribution in [0.2, 0.25) is 0 Å². The van der Waals surface area contributed by atoms with E-state index in [9.17, 15) is 9.59 Å². The smallest absolute Gasteiger partial charge is 0.240 e. The normalized spacial score (nSPS) is 36.6. The zero-order valence-electron chi connectivity index (χ0n) is 9.52. The Balaban J connectivity index is 1.77. The van der Waals surface area contributed by atoms with Gasteiger partial charge in [0.1, 0.15) is 0 Å². The van der Waals surface area contributed by atoms with Crippen LogP contribution < -0.4 is 4.90 Å². The Labute approximate surface area is 104 Å². The number of anilines is 1. The van der Waals surface area contributed by atoms with Gasteiger partial charge in [-0.05, 0) is 12.1 Å². The second-order valence-electron chi connectivity index (χ2n) is 4.85. The van der Waals surface area contributed by atoms with Crippen molar-refractivity contribution in [3.63, 3.8) is 0 Å². The molecule has 4 atom stereocenters. The lowest BCUT2D eigenvalue weighted by Gasteiger charge is -2.17. The number of ether oxygens (including phenoxy) is 1. The molecule has 1 aromatic rings. The van der Waals surface area contributed by atoms with E-state index in [1.54, 1.807) is 12.1 Å². The fraction of sp³-hybridized carbons (Fsp3) is 0.286. The lowest BCUT2D eigenvalue weighted by Crippen LogP contribution is -2.34. The van der Waals surface area contributed by atoms with E-state index in [1.807, 2.05) is 30.4 Å². The first kappa shape index (κ1) is 10.0. The highest BCUT2D eigenvalue weighted by Crippen LogP contribution is 2.46. The van der Waals surface area contributed by atoms with Crippen molar-refractivity contribution < 1.29 is 14.3 Å². The van der Waals surface area contributed by atoms with E-state index < -0.39 is 0 Å². The number of hydrogen-bond acceptors (Lipinski definition) is 3. The summed E-state index contributed by atoms with van der Waals surface area (Å²) in [6.45, 7) is 0. The van der Waals surface area contributed by atoms with Crippen molar-refractivity contribution in [2.45, 2.75) is 12.2 Å². The Morgan fingerprint density at radius 1 is 0.889 bits per heavy atom. The second kappa shape index (κ2) is 3.29. The Bertz CT molecular complexity index is 536. The standard InChI is InChI=1S/C14H11NO3/c16-13-11-9-6-7-10(18-9)12(11)14(17)15(13)8-4-2-1-3-5-8/h1-7,9-12H/t9-,10-,11-,12-/m0/s1. The van der Waals surface area contributed by atoms with Crippen LogP contribution in [-0.2, 0) is 14.3 Å². The Kier molecular flexibility index (Phi) is 1.84. The molecule has 0 spiro atoms. The van der Waals surface area contributed by atoms with Crippen molar-refractivity contribution in [1.82, 2.24) is 0 Å². The van der Waals surface area contributed by atoms with Gasteiger partial charge in [0.05, 0.1) is 29.7 Å². The first-order valence-corrected chi connectivity index (χ1v) is 6.04. The minimum atomic E-state index is -0.326. The molecule has 0 N–H and O–H groups in total. The van der Waals surface area contributed by atoms with Crippen LogP contribution in [0.1, 0.15) is 0 Å². The summed E-state index contributed by atoms with van der Waals surface area (Å²) in [5.41, 5.74) is 0.654. The largest absolute Gasteiger partial charge is 0.365 e. The third kappa shape index (κ3) is 1.08. The van der Waals surface area contributed by atoms with Crippen molar-refractivity contribution in [1.29, 1.82) is 0 Å². The van der Waals surface area contributed by atoms with Crippen molar-refractivity contribution in [3.05, 3.63) is 42.5 Å². The van der Waals surface area contributed by atoms with Crippen LogP contribution in [-0.4, -0.2) is 24.0 Å². The van der Waals surface area contributed by atoms with Gasteiger partial charge in [0, 0.05) is 0 Å². The van der Waals surface area contributed by atoms with E-state index in [0.29, 0.717) is 5.69 Å². The average Bonchev–Trinajstić information content (AvgIpc) is 3.05. The van der Waals surface area contributed by atoms with Gasteiger partial charge in [-0.3, -0.25) is 9.59 Å². The topological polar surface area (TPSA) is 46.6 Å². The Hall–Kier alpha value is -1.94. The minimum absolute atomic E-state index is 0.131. The van der Waals surface area contributed by atoms with Gasteiger partial charge in [-0.2, -0.15) is 0 Å². The molecule has 0 aromatic heterocycles. The molecule has 2 bridgehead atoms. The number of nitrogens with zero attached hydrogens (tertiary/aromatic N) is 1. The van der Waals surface area contributed by atoms with Crippen LogP contribution in [0.3, 0.4) is 0 Å². The monoisotopic (exact) mass is 241 g/mol. The first-order valence-electron chi connectivity index (χ1n) is 6.04. The van der Waals surface area contributed by atoms with Crippen molar-refractivity contribution in [2.75, 3.05) is 4.90 Å². The molecule has 2 fully saturated rings. The van der Waals surface area contributed by atoms with Gasteiger partial charge in [-0.25, -0.2) is 4.90 Å². The fourth-order valence-corrected chi connectivity index (χ4v) is 3.14. The molecule has 18 heavy (non-hydrogen) atoms. The van der Waals surface area contributed by atoms with Gasteiger partial charge < -0.3 is 4.74 Å². The maximum absolute atomic E-state index is 12.4. The predicted molar refractivity (Wildman–Crippen MR) is 63.7 cm³/mol. The minimum Gasteiger partial charge on any atom is -0.365 e. The van der Waals surface area contributed by atoms with E-state index >= 15 is 0 Å². The summed E-state index contributed by atoms with van der Waals surface area (Å²) in [5.74, 6) is -0.915. The molecule has 3 aliphatic rings. The summed E-state index contributed by atoms with van der Waals surface area (Å²) in [7, 11) is 0. The van der Waals surface area contributed by atoms with E-state index in [-0.39, 0.29) is 35.9 Å². The average molecular weight is 241 g/mol. The van der Waals surface area contributed by atoms with Crippen LogP contribution in [0.4, 0.5) is 5.69 Å². The van der Waals surface area contributed by atoms with Gasteiger partial charge in [-0.1, -0.05) is 30.4 Å². The molecule has 0 aliphatic carbocycles. The zero-order valence-corrected chi connectivity index (χ0v) is 9.52. The van der Waals surface area contributed by atoms with Crippen LogP contribution in [0, 0.1) is 11.8 Å². The van der Waals surface area contributed by atoms with Crippen LogP contribution in [0.25, 0.3) is 0 Å². The zero-order chi connectivity index (χ0) is 12.3. The lowest BCUT2D eigenvalue weighted by molar-refractivity contribution is -0.124. The molecule has 3 heterocycles. The third-order valence-electron chi connectivity index (χ3n) is 3.92. The second-order valence-corrected chi connectivity index (χ2v) is 4.85. The molecule has 3 aliphatic heterocycles. The van der Waals surface area contributed by atoms with E-state index in [4.69, 9.17) is 4.74 Å². The quantitative estimate of drug-likeness (QED) is 0.547. The highest BCUT2D eigenvalue weighted by Gasteiger charge is 2.60. The third-order valence-corrected chi connectivity index (χ3v) is 3.92. The van der Waals surface area contributed by atoms with E-state index in [1.165, 1.54) is 4.90 Å². The summed E-state index contributed by atoms with van der Waals surface area (Å²) in [5, 5.41) is 0. The molecule has 0 radical (unpaired) electrons. The molecular weight excluding hydrogens is 230 g/mol. The van der Waals surface area contributed by atoms with Gasteiger partial charge in [0.15, 0.2) is 0 Å². The maximum Gasteiger partial charge on any atom is 0.240 e. The SMILES string of the molecule is O=C1[C@@H]2[C@@H](C(=O)N1c1ccccc1)[C@@H]1C=C[C@@H]2O1. The number of amides is 2. The van der Waals surface area contributed by atoms with Crippen LogP contribution >= 0.6 is 0 Å². The first-order chi connectivity index (χ1) is 8.77. The number of para-hydroxylation sites is 1. The van der Waals surface area contributed by atoms with Crippen molar-refractivity contribution >= 4 is 17.5 Å². The number of benzene rings is 1. The molecule has 4 rings (SSSR count). The number of hydrogen-bond donors (Lipinski definition) is 0. The Morgan fingerprint density at radius 3 is 2.00 bits per heavy atom. The number of imide groups is 1.